The number of halogens is 3. The maximum Gasteiger partial charge on any atom is 0.416 e. The fourth-order valence-electron chi connectivity index (χ4n) is 3.57. The van der Waals surface area contributed by atoms with E-state index in [1.54, 1.807) is 10.9 Å². The fraction of sp³-hybridized carbons (Fsp3) is 0.368. The lowest BCUT2D eigenvalue weighted by Gasteiger charge is -2.34. The van der Waals surface area contributed by atoms with E-state index >= 15 is 0 Å². The van der Waals surface area contributed by atoms with Gasteiger partial charge in [-0.05, 0) is 31.0 Å². The molecule has 2 aromatic heterocycles. The first-order valence-corrected chi connectivity index (χ1v) is 8.86. The van der Waals surface area contributed by atoms with Crippen molar-refractivity contribution in [3.8, 4) is 0 Å². The number of pyridine rings is 1. The summed E-state index contributed by atoms with van der Waals surface area (Å²) in [4.78, 5) is 6.39. The van der Waals surface area contributed by atoms with Gasteiger partial charge in [0, 0.05) is 49.6 Å². The number of nitrogens with zero attached hydrogens (tertiary/aromatic N) is 4. The zero-order valence-corrected chi connectivity index (χ0v) is 14.9. The van der Waals surface area contributed by atoms with Gasteiger partial charge in [0.05, 0.1) is 23.0 Å². The van der Waals surface area contributed by atoms with Crippen molar-refractivity contribution in [1.29, 1.82) is 0 Å². The number of alkyl halides is 3. The van der Waals surface area contributed by atoms with Crippen LogP contribution in [-0.4, -0.2) is 33.9 Å². The molecule has 1 fully saturated rings. The Balaban J connectivity index is 1.56. The van der Waals surface area contributed by atoms with Crippen molar-refractivity contribution < 1.29 is 13.2 Å². The van der Waals surface area contributed by atoms with E-state index in [0.717, 1.165) is 49.4 Å². The third kappa shape index (κ3) is 3.70. The molecular formula is C19H20F3N5. The second-order valence-electron chi connectivity index (χ2n) is 6.89. The molecule has 3 heterocycles. The van der Waals surface area contributed by atoms with Crippen LogP contribution in [0.25, 0.3) is 10.9 Å². The Morgan fingerprint density at radius 2 is 2.07 bits per heavy atom. The van der Waals surface area contributed by atoms with Gasteiger partial charge in [-0.15, -0.1) is 0 Å². The van der Waals surface area contributed by atoms with E-state index in [2.05, 4.69) is 20.3 Å². The van der Waals surface area contributed by atoms with Gasteiger partial charge in [0.15, 0.2) is 0 Å². The van der Waals surface area contributed by atoms with Crippen LogP contribution in [0.1, 0.15) is 18.4 Å². The van der Waals surface area contributed by atoms with Crippen molar-refractivity contribution in [1.82, 2.24) is 14.8 Å². The summed E-state index contributed by atoms with van der Waals surface area (Å²) in [5, 5.41) is 8.42. The van der Waals surface area contributed by atoms with Gasteiger partial charge in [-0.25, -0.2) is 0 Å². The first-order chi connectivity index (χ1) is 12.9. The second-order valence-corrected chi connectivity index (χ2v) is 6.89. The molecule has 0 radical (unpaired) electrons. The first kappa shape index (κ1) is 17.6. The predicted molar refractivity (Wildman–Crippen MR) is 98.8 cm³/mol. The van der Waals surface area contributed by atoms with Crippen LogP contribution in [0.15, 0.2) is 42.9 Å². The number of hydrogen-bond acceptors (Lipinski definition) is 4. The van der Waals surface area contributed by atoms with E-state index in [1.807, 2.05) is 25.5 Å². The number of anilines is 2. The average Bonchev–Trinajstić information content (AvgIpc) is 3.07. The van der Waals surface area contributed by atoms with Crippen LogP contribution in [0.4, 0.5) is 24.5 Å². The summed E-state index contributed by atoms with van der Waals surface area (Å²) < 4.78 is 40.6. The molecule has 1 unspecified atom stereocenters. The van der Waals surface area contributed by atoms with Gasteiger partial charge >= 0.3 is 6.18 Å². The molecule has 1 aliphatic rings. The number of fused-ring (bicyclic) bond motifs is 1. The zero-order valence-electron chi connectivity index (χ0n) is 14.9. The summed E-state index contributed by atoms with van der Waals surface area (Å²) in [5.41, 5.74) is 1.56. The summed E-state index contributed by atoms with van der Waals surface area (Å²) >= 11 is 0. The molecule has 1 saturated heterocycles. The Morgan fingerprint density at radius 3 is 2.81 bits per heavy atom. The number of aryl methyl sites for hydroxylation is 1. The topological polar surface area (TPSA) is 46.0 Å². The Morgan fingerprint density at radius 1 is 1.22 bits per heavy atom. The molecule has 1 N–H and O–H groups in total. The minimum absolute atomic E-state index is 0.201. The van der Waals surface area contributed by atoms with E-state index in [1.165, 1.54) is 6.07 Å². The number of piperidine rings is 1. The van der Waals surface area contributed by atoms with Gasteiger partial charge in [0.2, 0.25) is 0 Å². The highest BCUT2D eigenvalue weighted by atomic mass is 19.4. The van der Waals surface area contributed by atoms with Gasteiger partial charge in [0.1, 0.15) is 0 Å². The van der Waals surface area contributed by atoms with Crippen molar-refractivity contribution in [2.45, 2.75) is 25.1 Å². The average molecular weight is 375 g/mol. The minimum atomic E-state index is -4.37. The second kappa shape index (κ2) is 6.75. The largest absolute Gasteiger partial charge is 0.416 e. The van der Waals surface area contributed by atoms with Crippen LogP contribution in [0.2, 0.25) is 0 Å². The lowest BCUT2D eigenvalue weighted by atomic mass is 10.0. The van der Waals surface area contributed by atoms with E-state index in [9.17, 15) is 13.2 Å². The van der Waals surface area contributed by atoms with Crippen LogP contribution in [0.5, 0.6) is 0 Å². The summed E-state index contributed by atoms with van der Waals surface area (Å²) in [5.74, 6) is 0. The summed E-state index contributed by atoms with van der Waals surface area (Å²) in [7, 11) is 1.89. The Hall–Kier alpha value is -2.77. The van der Waals surface area contributed by atoms with E-state index in [0.29, 0.717) is 10.9 Å². The molecule has 0 spiro atoms. The third-order valence-corrected chi connectivity index (χ3v) is 4.91. The maximum atomic E-state index is 12.9. The zero-order chi connectivity index (χ0) is 19.0. The van der Waals surface area contributed by atoms with Crippen LogP contribution < -0.4 is 10.2 Å². The lowest BCUT2D eigenvalue weighted by Crippen LogP contribution is -2.42. The summed E-state index contributed by atoms with van der Waals surface area (Å²) in [6, 6.07) is 5.72. The van der Waals surface area contributed by atoms with E-state index < -0.39 is 11.7 Å². The Labute approximate surface area is 154 Å². The van der Waals surface area contributed by atoms with Gasteiger partial charge in [-0.3, -0.25) is 9.67 Å². The molecule has 1 aliphatic heterocycles. The van der Waals surface area contributed by atoms with Gasteiger partial charge in [-0.1, -0.05) is 6.07 Å². The Bertz CT molecular complexity index is 950. The number of benzene rings is 1. The van der Waals surface area contributed by atoms with Crippen molar-refractivity contribution >= 4 is 22.3 Å². The van der Waals surface area contributed by atoms with Gasteiger partial charge in [0.25, 0.3) is 0 Å². The molecule has 4 rings (SSSR count). The smallest absolute Gasteiger partial charge is 0.380 e. The van der Waals surface area contributed by atoms with Crippen LogP contribution in [-0.2, 0) is 13.2 Å². The van der Waals surface area contributed by atoms with Crippen LogP contribution in [0.3, 0.4) is 0 Å². The molecule has 5 nitrogen and oxygen atoms in total. The number of rotatable bonds is 3. The SMILES string of the molecule is Cn1cc(N2CCCC(Nc3ccnc4cc(C(F)(F)F)ccc34)C2)cn1. The molecule has 0 amide bonds. The van der Waals surface area contributed by atoms with E-state index in [4.69, 9.17) is 0 Å². The normalized spacial score (nSPS) is 18.1. The number of aromatic nitrogens is 3. The minimum Gasteiger partial charge on any atom is -0.380 e. The van der Waals surface area contributed by atoms with E-state index in [-0.39, 0.29) is 6.04 Å². The molecular weight excluding hydrogens is 355 g/mol. The predicted octanol–water partition coefficient (Wildman–Crippen LogP) is 4.07. The first-order valence-electron chi connectivity index (χ1n) is 8.86. The highest BCUT2D eigenvalue weighted by molar-refractivity contribution is 5.91. The van der Waals surface area contributed by atoms with Gasteiger partial charge in [-0.2, -0.15) is 18.3 Å². The van der Waals surface area contributed by atoms with Crippen molar-refractivity contribution in [3.63, 3.8) is 0 Å². The van der Waals surface area contributed by atoms with Crippen molar-refractivity contribution in [2.24, 2.45) is 7.05 Å². The van der Waals surface area contributed by atoms with Crippen molar-refractivity contribution in [3.05, 3.63) is 48.4 Å². The third-order valence-electron chi connectivity index (χ3n) is 4.91. The molecule has 1 aromatic carbocycles. The van der Waals surface area contributed by atoms with Crippen LogP contribution in [0, 0.1) is 0 Å². The standard InChI is InChI=1S/C19H20F3N5/c1-26-12-15(10-24-26)27-8-2-3-14(11-27)25-17-6-7-23-18-9-13(19(20,21)22)4-5-16(17)18/h4-7,9-10,12,14H,2-3,8,11H2,1H3,(H,23,25). The molecule has 3 aromatic rings. The molecule has 0 saturated carbocycles. The summed E-state index contributed by atoms with van der Waals surface area (Å²) in [6.45, 7) is 1.78. The van der Waals surface area contributed by atoms with Crippen molar-refractivity contribution in [2.75, 3.05) is 23.3 Å². The number of hydrogen-bond donors (Lipinski definition) is 1. The lowest BCUT2D eigenvalue weighted by molar-refractivity contribution is -0.137. The quantitative estimate of drug-likeness (QED) is 0.750. The molecule has 8 heteroatoms. The highest BCUT2D eigenvalue weighted by Crippen LogP contribution is 2.33. The maximum absolute atomic E-state index is 12.9. The number of nitrogens with one attached hydrogen (secondary N) is 1. The monoisotopic (exact) mass is 375 g/mol. The summed E-state index contributed by atoms with van der Waals surface area (Å²) in [6.07, 6.45) is 3.06. The molecule has 142 valence electrons. The molecule has 27 heavy (non-hydrogen) atoms. The Kier molecular flexibility index (Phi) is 4.41. The molecule has 0 aliphatic carbocycles. The molecule has 0 bridgehead atoms. The fourth-order valence-corrected chi connectivity index (χ4v) is 3.57. The highest BCUT2D eigenvalue weighted by Gasteiger charge is 2.30. The van der Waals surface area contributed by atoms with Gasteiger partial charge < -0.3 is 10.2 Å². The molecule has 1 atom stereocenters. The van der Waals surface area contributed by atoms with Crippen LogP contribution >= 0.6 is 0 Å².